The fourth-order valence-electron chi connectivity index (χ4n) is 2.86. The molecule has 0 spiro atoms. The highest BCUT2D eigenvalue weighted by Crippen LogP contribution is 2.31. The number of aromatic nitrogens is 2. The summed E-state index contributed by atoms with van der Waals surface area (Å²) in [6.45, 7) is 2.13. The molecule has 23 heavy (non-hydrogen) atoms. The minimum Gasteiger partial charge on any atom is -0.354 e. The van der Waals surface area contributed by atoms with Gasteiger partial charge in [-0.05, 0) is 36.2 Å². The van der Waals surface area contributed by atoms with Crippen LogP contribution in [0.5, 0.6) is 0 Å². The van der Waals surface area contributed by atoms with E-state index in [-0.39, 0.29) is 0 Å². The number of aryl methyl sites for hydroxylation is 1. The van der Waals surface area contributed by atoms with Crippen molar-refractivity contribution in [2.45, 2.75) is 6.92 Å². The lowest BCUT2D eigenvalue weighted by Crippen LogP contribution is -1.91. The molecule has 112 valence electrons. The molecule has 0 aliphatic carbocycles. The summed E-state index contributed by atoms with van der Waals surface area (Å²) in [6, 6.07) is 20.7. The van der Waals surface area contributed by atoms with Crippen molar-refractivity contribution in [2.24, 2.45) is 0 Å². The molecule has 0 atom stereocenters. The van der Waals surface area contributed by atoms with Crippen molar-refractivity contribution in [3.05, 3.63) is 78.6 Å². The van der Waals surface area contributed by atoms with Crippen LogP contribution >= 0.6 is 0 Å². The summed E-state index contributed by atoms with van der Waals surface area (Å²) in [5.41, 5.74) is 6.62. The molecule has 0 saturated heterocycles. The largest absolute Gasteiger partial charge is 0.354 e. The second-order valence-electron chi connectivity index (χ2n) is 5.63. The van der Waals surface area contributed by atoms with Gasteiger partial charge in [-0.3, -0.25) is 0 Å². The Labute approximate surface area is 135 Å². The maximum atomic E-state index is 4.54. The van der Waals surface area contributed by atoms with Crippen molar-refractivity contribution in [2.75, 3.05) is 5.32 Å². The van der Waals surface area contributed by atoms with E-state index in [1.807, 2.05) is 42.7 Å². The van der Waals surface area contributed by atoms with Crippen LogP contribution < -0.4 is 5.32 Å². The van der Waals surface area contributed by atoms with Crippen molar-refractivity contribution >= 4 is 22.4 Å². The molecule has 0 saturated carbocycles. The standard InChI is InChI=1S/C20H17N3/c1-14-7-5-6-10-17(14)19-13-22-20-18(19)11-16(12-21-20)23-15-8-3-2-4-9-15/h2-13,23H,1H3,(H,21,22). The molecular formula is C20H17N3. The van der Waals surface area contributed by atoms with E-state index >= 15 is 0 Å². The first-order valence-corrected chi connectivity index (χ1v) is 7.66. The molecule has 3 heteroatoms. The van der Waals surface area contributed by atoms with E-state index in [9.17, 15) is 0 Å². The predicted octanol–water partition coefficient (Wildman–Crippen LogP) is 5.28. The van der Waals surface area contributed by atoms with E-state index in [0.29, 0.717) is 0 Å². The molecule has 2 aromatic heterocycles. The predicted molar refractivity (Wildman–Crippen MR) is 96.0 cm³/mol. The van der Waals surface area contributed by atoms with Gasteiger partial charge in [0, 0.05) is 22.8 Å². The van der Waals surface area contributed by atoms with Gasteiger partial charge in [-0.1, -0.05) is 42.5 Å². The van der Waals surface area contributed by atoms with Crippen molar-refractivity contribution in [1.29, 1.82) is 0 Å². The lowest BCUT2D eigenvalue weighted by Gasteiger charge is -2.07. The summed E-state index contributed by atoms with van der Waals surface area (Å²) in [5, 5.41) is 4.53. The maximum Gasteiger partial charge on any atom is 0.138 e. The molecule has 0 fully saturated rings. The minimum absolute atomic E-state index is 0.905. The Bertz CT molecular complexity index is 955. The summed E-state index contributed by atoms with van der Waals surface area (Å²) < 4.78 is 0. The van der Waals surface area contributed by atoms with Crippen molar-refractivity contribution in [3.8, 4) is 11.1 Å². The van der Waals surface area contributed by atoms with Crippen molar-refractivity contribution in [1.82, 2.24) is 9.97 Å². The van der Waals surface area contributed by atoms with Crippen LogP contribution in [0.25, 0.3) is 22.2 Å². The van der Waals surface area contributed by atoms with Crippen molar-refractivity contribution in [3.63, 3.8) is 0 Å². The third-order valence-corrected chi connectivity index (χ3v) is 4.03. The van der Waals surface area contributed by atoms with Crippen LogP contribution in [0.2, 0.25) is 0 Å². The van der Waals surface area contributed by atoms with E-state index in [4.69, 9.17) is 0 Å². The van der Waals surface area contributed by atoms with Crippen LogP contribution in [0, 0.1) is 6.92 Å². The van der Waals surface area contributed by atoms with Crippen LogP contribution in [0.4, 0.5) is 11.4 Å². The molecule has 2 heterocycles. The Morgan fingerprint density at radius 2 is 1.65 bits per heavy atom. The Morgan fingerprint density at radius 1 is 0.870 bits per heavy atom. The second-order valence-corrected chi connectivity index (χ2v) is 5.63. The third-order valence-electron chi connectivity index (χ3n) is 4.03. The Morgan fingerprint density at radius 3 is 2.48 bits per heavy atom. The number of H-pyrrole nitrogens is 1. The topological polar surface area (TPSA) is 40.7 Å². The van der Waals surface area contributed by atoms with Gasteiger partial charge < -0.3 is 10.3 Å². The number of nitrogens with zero attached hydrogens (tertiary/aromatic N) is 1. The van der Waals surface area contributed by atoms with Gasteiger partial charge in [0.2, 0.25) is 0 Å². The number of anilines is 2. The third kappa shape index (κ3) is 2.57. The first-order valence-electron chi connectivity index (χ1n) is 7.66. The van der Waals surface area contributed by atoms with Gasteiger partial charge in [0.15, 0.2) is 0 Å². The van der Waals surface area contributed by atoms with E-state index in [2.05, 4.69) is 52.5 Å². The summed E-state index contributed by atoms with van der Waals surface area (Å²) in [5.74, 6) is 0. The average molecular weight is 299 g/mol. The van der Waals surface area contributed by atoms with Gasteiger partial charge >= 0.3 is 0 Å². The number of benzene rings is 2. The average Bonchev–Trinajstić information content (AvgIpc) is 2.99. The normalized spacial score (nSPS) is 10.8. The second kappa shape index (κ2) is 5.61. The molecule has 0 aliphatic rings. The Balaban J connectivity index is 1.79. The zero-order chi connectivity index (χ0) is 15.6. The monoisotopic (exact) mass is 299 g/mol. The Kier molecular flexibility index (Phi) is 3.31. The van der Waals surface area contributed by atoms with Crippen LogP contribution in [0.15, 0.2) is 73.1 Å². The van der Waals surface area contributed by atoms with Gasteiger partial charge in [0.05, 0.1) is 11.9 Å². The number of pyridine rings is 1. The zero-order valence-corrected chi connectivity index (χ0v) is 12.9. The number of para-hydroxylation sites is 1. The van der Waals surface area contributed by atoms with E-state index in [1.54, 1.807) is 0 Å². The smallest absolute Gasteiger partial charge is 0.138 e. The van der Waals surface area contributed by atoms with E-state index in [1.165, 1.54) is 16.7 Å². The fraction of sp³-hybridized carbons (Fsp3) is 0.0500. The van der Waals surface area contributed by atoms with E-state index < -0.39 is 0 Å². The van der Waals surface area contributed by atoms with Gasteiger partial charge in [-0.15, -0.1) is 0 Å². The highest BCUT2D eigenvalue weighted by Gasteiger charge is 2.09. The molecule has 0 unspecified atom stereocenters. The minimum atomic E-state index is 0.905. The number of hydrogen-bond acceptors (Lipinski definition) is 2. The number of aromatic amines is 1. The highest BCUT2D eigenvalue weighted by atomic mass is 14.9. The summed E-state index contributed by atoms with van der Waals surface area (Å²) in [7, 11) is 0. The van der Waals surface area contributed by atoms with Crippen LogP contribution in [-0.4, -0.2) is 9.97 Å². The number of hydrogen-bond donors (Lipinski definition) is 2. The number of rotatable bonds is 3. The van der Waals surface area contributed by atoms with Crippen LogP contribution in [0.3, 0.4) is 0 Å². The van der Waals surface area contributed by atoms with Gasteiger partial charge in [0.25, 0.3) is 0 Å². The molecule has 0 aliphatic heterocycles. The molecule has 0 radical (unpaired) electrons. The number of fused-ring (bicyclic) bond motifs is 1. The molecule has 3 nitrogen and oxygen atoms in total. The molecule has 2 N–H and O–H groups in total. The van der Waals surface area contributed by atoms with E-state index in [0.717, 1.165) is 22.4 Å². The molecule has 2 aromatic carbocycles. The molecule has 0 amide bonds. The first-order chi connectivity index (χ1) is 11.3. The highest BCUT2D eigenvalue weighted by molar-refractivity contribution is 5.96. The first kappa shape index (κ1) is 13.6. The van der Waals surface area contributed by atoms with Gasteiger partial charge in [-0.2, -0.15) is 0 Å². The lowest BCUT2D eigenvalue weighted by atomic mass is 10.0. The molecule has 0 bridgehead atoms. The SMILES string of the molecule is Cc1ccccc1-c1c[nH]c2ncc(Nc3ccccc3)cc12. The summed E-state index contributed by atoms with van der Waals surface area (Å²) >= 11 is 0. The van der Waals surface area contributed by atoms with Crippen LogP contribution in [0.1, 0.15) is 5.56 Å². The maximum absolute atomic E-state index is 4.54. The summed E-state index contributed by atoms with van der Waals surface area (Å²) in [4.78, 5) is 7.80. The lowest BCUT2D eigenvalue weighted by molar-refractivity contribution is 1.32. The molecular weight excluding hydrogens is 282 g/mol. The fourth-order valence-corrected chi connectivity index (χ4v) is 2.86. The van der Waals surface area contributed by atoms with Crippen LogP contribution in [-0.2, 0) is 0 Å². The van der Waals surface area contributed by atoms with Gasteiger partial charge in [-0.25, -0.2) is 4.98 Å². The summed E-state index contributed by atoms with van der Waals surface area (Å²) in [6.07, 6.45) is 3.89. The quantitative estimate of drug-likeness (QED) is 0.540. The van der Waals surface area contributed by atoms with Crippen molar-refractivity contribution < 1.29 is 0 Å². The number of nitrogens with one attached hydrogen (secondary N) is 2. The molecule has 4 aromatic rings. The Hall–Kier alpha value is -3.07. The van der Waals surface area contributed by atoms with Gasteiger partial charge in [0.1, 0.15) is 5.65 Å². The zero-order valence-electron chi connectivity index (χ0n) is 12.9. The molecule has 4 rings (SSSR count).